The van der Waals surface area contributed by atoms with Gasteiger partial charge in [-0.3, -0.25) is 0 Å². The third-order valence-corrected chi connectivity index (χ3v) is 2.62. The fourth-order valence-corrected chi connectivity index (χ4v) is 1.94. The first kappa shape index (κ1) is 12.2. The minimum absolute atomic E-state index is 0.283. The van der Waals surface area contributed by atoms with E-state index in [1.165, 1.54) is 0 Å². The maximum atomic E-state index is 11.1. The number of hydrogen-bond donors (Lipinski definition) is 1. The zero-order valence-corrected chi connectivity index (χ0v) is 10.1. The Hall–Kier alpha value is -0.860. The summed E-state index contributed by atoms with van der Waals surface area (Å²) < 4.78 is 16.1. The van der Waals surface area contributed by atoms with Gasteiger partial charge in [-0.05, 0) is 24.5 Å². The Labute approximate surface area is 89.8 Å². The summed E-state index contributed by atoms with van der Waals surface area (Å²) in [4.78, 5) is 13.1. The fourth-order valence-electron chi connectivity index (χ4n) is 1.46. The Morgan fingerprint density at radius 3 is 2.60 bits per heavy atom. The van der Waals surface area contributed by atoms with Gasteiger partial charge >= 0.3 is 7.60 Å². The average Bonchev–Trinajstić information content (AvgIpc) is 2.15. The molecule has 1 aromatic rings. The normalized spacial score (nSPS) is 14.7. The summed E-state index contributed by atoms with van der Waals surface area (Å²) in [7, 11) is -3.52. The first-order chi connectivity index (χ1) is 6.98. The molecular formula is C10H16NO3P. The molecule has 0 aromatic carbocycles. The molecule has 0 aliphatic heterocycles. The largest absolute Gasteiger partial charge is 0.406 e. The second kappa shape index (κ2) is 4.77. The lowest BCUT2D eigenvalue weighted by atomic mass is 10.1. The highest BCUT2D eigenvalue weighted by Gasteiger charge is 2.16. The van der Waals surface area contributed by atoms with Gasteiger partial charge in [0.2, 0.25) is 5.88 Å². The molecule has 5 heteroatoms. The predicted molar refractivity (Wildman–Crippen MR) is 59.4 cm³/mol. The van der Waals surface area contributed by atoms with Gasteiger partial charge in [0.1, 0.15) is 0 Å². The number of aromatic nitrogens is 1. The molecular weight excluding hydrogens is 213 g/mol. The molecule has 0 aliphatic carbocycles. The van der Waals surface area contributed by atoms with E-state index in [0.717, 1.165) is 30.6 Å². The molecule has 1 N–H and O–H groups in total. The summed E-state index contributed by atoms with van der Waals surface area (Å²) in [5.74, 6) is 0.283. The molecule has 0 saturated carbocycles. The zero-order valence-electron chi connectivity index (χ0n) is 9.23. The summed E-state index contributed by atoms with van der Waals surface area (Å²) in [5.41, 5.74) is 2.02. The van der Waals surface area contributed by atoms with Crippen molar-refractivity contribution in [1.82, 2.24) is 4.98 Å². The fraction of sp³-hybridized carbons (Fsp3) is 0.500. The van der Waals surface area contributed by atoms with Crippen molar-refractivity contribution >= 4 is 7.60 Å². The number of nitrogens with zero attached hydrogens (tertiary/aromatic N) is 1. The van der Waals surface area contributed by atoms with Crippen LogP contribution in [-0.2, 0) is 17.4 Å². The first-order valence-corrected chi connectivity index (χ1v) is 6.97. The van der Waals surface area contributed by atoms with E-state index in [2.05, 4.69) is 4.98 Å². The van der Waals surface area contributed by atoms with Crippen LogP contribution in [0, 0.1) is 0 Å². The van der Waals surface area contributed by atoms with E-state index < -0.39 is 7.60 Å². The van der Waals surface area contributed by atoms with Crippen molar-refractivity contribution in [2.45, 2.75) is 26.7 Å². The van der Waals surface area contributed by atoms with E-state index in [1.807, 2.05) is 19.9 Å². The molecule has 0 aliphatic rings. The van der Waals surface area contributed by atoms with Crippen LogP contribution in [0.4, 0.5) is 0 Å². The molecule has 0 saturated heterocycles. The van der Waals surface area contributed by atoms with Crippen LogP contribution >= 0.6 is 7.60 Å². The molecule has 0 spiro atoms. The minimum atomic E-state index is -3.52. The third kappa shape index (κ3) is 3.33. The van der Waals surface area contributed by atoms with Crippen molar-refractivity contribution in [1.29, 1.82) is 0 Å². The number of hydrogen-bond acceptors (Lipinski definition) is 3. The lowest BCUT2D eigenvalue weighted by Gasteiger charge is -2.13. The summed E-state index contributed by atoms with van der Waals surface area (Å²) in [5, 5.41) is 0. The van der Waals surface area contributed by atoms with E-state index >= 15 is 0 Å². The average molecular weight is 229 g/mol. The summed E-state index contributed by atoms with van der Waals surface area (Å²) in [6.45, 7) is 5.16. The van der Waals surface area contributed by atoms with E-state index in [9.17, 15) is 4.57 Å². The maximum absolute atomic E-state index is 11.1. The van der Waals surface area contributed by atoms with Crippen LogP contribution in [0.15, 0.2) is 12.3 Å². The van der Waals surface area contributed by atoms with E-state index in [0.29, 0.717) is 0 Å². The third-order valence-electron chi connectivity index (χ3n) is 2.10. The smallest absolute Gasteiger partial charge is 0.374 e. The van der Waals surface area contributed by atoms with E-state index in [-0.39, 0.29) is 5.88 Å². The van der Waals surface area contributed by atoms with Gasteiger partial charge in [0.15, 0.2) is 0 Å². The van der Waals surface area contributed by atoms with Gasteiger partial charge in [0.25, 0.3) is 0 Å². The Bertz CT molecular complexity index is 386. The number of rotatable bonds is 4. The van der Waals surface area contributed by atoms with Crippen molar-refractivity contribution in [3.63, 3.8) is 0 Å². The van der Waals surface area contributed by atoms with Gasteiger partial charge in [-0.2, -0.15) is 0 Å². The van der Waals surface area contributed by atoms with Crippen molar-refractivity contribution < 1.29 is 14.0 Å². The van der Waals surface area contributed by atoms with Crippen LogP contribution in [-0.4, -0.2) is 16.5 Å². The summed E-state index contributed by atoms with van der Waals surface area (Å²) in [6.07, 6.45) is 3.21. The van der Waals surface area contributed by atoms with Crippen LogP contribution in [0.25, 0.3) is 0 Å². The SMILES string of the molecule is CCc1ccnc(OP(C)(=O)O)c1CC. The minimum Gasteiger partial charge on any atom is -0.406 e. The monoisotopic (exact) mass is 229 g/mol. The zero-order chi connectivity index (χ0) is 11.5. The molecule has 1 heterocycles. The molecule has 1 atom stereocenters. The summed E-state index contributed by atoms with van der Waals surface area (Å²) >= 11 is 0. The van der Waals surface area contributed by atoms with Crippen molar-refractivity contribution in [2.24, 2.45) is 0 Å². The lowest BCUT2D eigenvalue weighted by molar-refractivity contribution is 0.379. The first-order valence-electron chi connectivity index (χ1n) is 4.94. The van der Waals surface area contributed by atoms with Gasteiger partial charge in [-0.25, -0.2) is 9.55 Å². The second-order valence-corrected chi connectivity index (χ2v) is 5.14. The lowest BCUT2D eigenvalue weighted by Crippen LogP contribution is -2.00. The van der Waals surface area contributed by atoms with Gasteiger partial charge in [0, 0.05) is 18.4 Å². The van der Waals surface area contributed by atoms with Crippen LogP contribution < -0.4 is 4.52 Å². The molecule has 15 heavy (non-hydrogen) atoms. The van der Waals surface area contributed by atoms with Crippen LogP contribution in [0.5, 0.6) is 5.88 Å². The molecule has 0 amide bonds. The molecule has 1 unspecified atom stereocenters. The Morgan fingerprint density at radius 2 is 2.13 bits per heavy atom. The highest BCUT2D eigenvalue weighted by atomic mass is 31.2. The molecule has 4 nitrogen and oxygen atoms in total. The van der Waals surface area contributed by atoms with E-state index in [4.69, 9.17) is 9.42 Å². The van der Waals surface area contributed by atoms with Gasteiger partial charge in [-0.15, -0.1) is 0 Å². The Morgan fingerprint density at radius 1 is 1.47 bits per heavy atom. The number of aryl methyl sites for hydroxylation is 1. The Kier molecular flexibility index (Phi) is 3.89. The molecule has 84 valence electrons. The van der Waals surface area contributed by atoms with Crippen molar-refractivity contribution in [3.8, 4) is 5.88 Å². The topological polar surface area (TPSA) is 59.4 Å². The van der Waals surface area contributed by atoms with Crippen LogP contribution in [0.3, 0.4) is 0 Å². The highest BCUT2D eigenvalue weighted by Crippen LogP contribution is 2.39. The van der Waals surface area contributed by atoms with Gasteiger partial charge in [0.05, 0.1) is 0 Å². The quantitative estimate of drug-likeness (QED) is 0.805. The molecule has 0 radical (unpaired) electrons. The molecule has 0 fully saturated rings. The van der Waals surface area contributed by atoms with Crippen LogP contribution in [0.1, 0.15) is 25.0 Å². The van der Waals surface area contributed by atoms with Gasteiger partial charge in [-0.1, -0.05) is 13.8 Å². The molecule has 0 bridgehead atoms. The second-order valence-electron chi connectivity index (χ2n) is 3.36. The van der Waals surface area contributed by atoms with Crippen molar-refractivity contribution in [3.05, 3.63) is 23.4 Å². The Balaban J connectivity index is 3.12. The maximum Gasteiger partial charge on any atom is 0.374 e. The molecule has 1 rings (SSSR count). The standard InChI is InChI=1S/C10H16NO3P/c1-4-8-6-7-11-10(9(8)5-2)14-15(3,12)13/h6-7H,4-5H2,1-3H3,(H,12,13). The molecule has 1 aromatic heterocycles. The van der Waals surface area contributed by atoms with Crippen molar-refractivity contribution in [2.75, 3.05) is 6.66 Å². The van der Waals surface area contributed by atoms with Crippen LogP contribution in [0.2, 0.25) is 0 Å². The predicted octanol–water partition coefficient (Wildman–Crippen LogP) is 2.40. The van der Waals surface area contributed by atoms with Gasteiger partial charge < -0.3 is 9.42 Å². The summed E-state index contributed by atoms with van der Waals surface area (Å²) in [6, 6.07) is 1.91. The highest BCUT2D eigenvalue weighted by molar-refractivity contribution is 7.52. The van der Waals surface area contributed by atoms with E-state index in [1.54, 1.807) is 6.20 Å². The number of pyridine rings is 1.